The third kappa shape index (κ3) is 3.47. The summed E-state index contributed by atoms with van der Waals surface area (Å²) in [6, 6.07) is 4.07. The molecule has 0 unspecified atom stereocenters. The van der Waals surface area contributed by atoms with Crippen LogP contribution in [0.5, 0.6) is 0 Å². The smallest absolute Gasteiger partial charge is 0.272 e. The van der Waals surface area contributed by atoms with Crippen LogP contribution in [0.1, 0.15) is 46.5 Å². The molecule has 0 bridgehead atoms. The average Bonchev–Trinajstić information content (AvgIpc) is 3.22. The van der Waals surface area contributed by atoms with Gasteiger partial charge in [-0.1, -0.05) is 0 Å². The summed E-state index contributed by atoms with van der Waals surface area (Å²) < 4.78 is 7.48. The molecule has 0 aliphatic carbocycles. The number of aromatic nitrogens is 2. The van der Waals surface area contributed by atoms with Crippen LogP contribution in [0.25, 0.3) is 0 Å². The molecule has 1 aliphatic heterocycles. The third-order valence-electron chi connectivity index (χ3n) is 4.35. The van der Waals surface area contributed by atoms with Crippen LogP contribution >= 0.6 is 0 Å². The molecule has 0 spiro atoms. The van der Waals surface area contributed by atoms with Crippen molar-refractivity contribution in [2.45, 2.75) is 32.7 Å². The number of hydrogen-bond donors (Lipinski definition) is 1. The SMILES string of the molecule is Cc1ccc([C@H](CNC(=O)c2nn(C)cc2C)N2CCCC2)o1. The van der Waals surface area contributed by atoms with Crippen molar-refractivity contribution in [2.75, 3.05) is 19.6 Å². The summed E-state index contributed by atoms with van der Waals surface area (Å²) in [6.45, 7) is 6.46. The zero-order valence-electron chi connectivity index (χ0n) is 14.0. The second-order valence-electron chi connectivity index (χ2n) is 6.25. The van der Waals surface area contributed by atoms with Gasteiger partial charge in [0.25, 0.3) is 5.91 Å². The van der Waals surface area contributed by atoms with Crippen molar-refractivity contribution in [1.82, 2.24) is 20.0 Å². The second-order valence-corrected chi connectivity index (χ2v) is 6.25. The van der Waals surface area contributed by atoms with Crippen LogP contribution in [0.15, 0.2) is 22.7 Å². The number of furan rings is 1. The molecule has 124 valence electrons. The Bertz CT molecular complexity index is 683. The highest BCUT2D eigenvalue weighted by Gasteiger charge is 2.27. The number of hydrogen-bond acceptors (Lipinski definition) is 4. The number of amides is 1. The third-order valence-corrected chi connectivity index (χ3v) is 4.35. The van der Waals surface area contributed by atoms with Gasteiger partial charge in [0.2, 0.25) is 0 Å². The highest BCUT2D eigenvalue weighted by molar-refractivity contribution is 5.93. The van der Waals surface area contributed by atoms with Crippen LogP contribution in [0, 0.1) is 13.8 Å². The van der Waals surface area contributed by atoms with Gasteiger partial charge in [0, 0.05) is 25.4 Å². The number of carbonyl (C=O) groups is 1. The first-order valence-electron chi connectivity index (χ1n) is 8.13. The lowest BCUT2D eigenvalue weighted by Gasteiger charge is -2.26. The minimum atomic E-state index is -0.129. The van der Waals surface area contributed by atoms with Gasteiger partial charge in [0.1, 0.15) is 11.5 Å². The molecule has 0 aromatic carbocycles. The maximum absolute atomic E-state index is 12.4. The van der Waals surface area contributed by atoms with Crippen molar-refractivity contribution in [3.05, 3.63) is 41.1 Å². The second kappa shape index (κ2) is 6.58. The first-order valence-corrected chi connectivity index (χ1v) is 8.13. The van der Waals surface area contributed by atoms with Gasteiger partial charge in [-0.15, -0.1) is 0 Å². The Morgan fingerprint density at radius 2 is 2.09 bits per heavy atom. The Balaban J connectivity index is 1.71. The summed E-state index contributed by atoms with van der Waals surface area (Å²) in [6.07, 6.45) is 4.25. The molecule has 1 N–H and O–H groups in total. The minimum absolute atomic E-state index is 0.0826. The molecule has 3 rings (SSSR count). The van der Waals surface area contributed by atoms with E-state index in [4.69, 9.17) is 4.42 Å². The molecule has 2 aromatic rings. The molecule has 2 aromatic heterocycles. The lowest BCUT2D eigenvalue weighted by molar-refractivity contribution is 0.0927. The van der Waals surface area contributed by atoms with Gasteiger partial charge in [0.15, 0.2) is 5.69 Å². The fourth-order valence-corrected chi connectivity index (χ4v) is 3.20. The van der Waals surface area contributed by atoms with Crippen molar-refractivity contribution in [1.29, 1.82) is 0 Å². The maximum atomic E-state index is 12.4. The van der Waals surface area contributed by atoms with E-state index in [-0.39, 0.29) is 11.9 Å². The van der Waals surface area contributed by atoms with Crippen molar-refractivity contribution in [2.24, 2.45) is 7.05 Å². The summed E-state index contributed by atoms with van der Waals surface area (Å²) in [7, 11) is 1.82. The first-order chi connectivity index (χ1) is 11.0. The molecule has 3 heterocycles. The molecule has 0 radical (unpaired) electrons. The van der Waals surface area contributed by atoms with E-state index < -0.39 is 0 Å². The summed E-state index contributed by atoms with van der Waals surface area (Å²) in [5.74, 6) is 1.69. The molecule has 6 nitrogen and oxygen atoms in total. The molecule has 1 fully saturated rings. The van der Waals surface area contributed by atoms with E-state index in [1.54, 1.807) is 4.68 Å². The molecule has 1 atom stereocenters. The van der Waals surface area contributed by atoms with Gasteiger partial charge in [-0.3, -0.25) is 14.4 Å². The van der Waals surface area contributed by atoms with E-state index in [0.29, 0.717) is 12.2 Å². The fraction of sp³-hybridized carbons (Fsp3) is 0.529. The van der Waals surface area contributed by atoms with E-state index in [1.165, 1.54) is 12.8 Å². The van der Waals surface area contributed by atoms with Crippen LogP contribution in [0.3, 0.4) is 0 Å². The Morgan fingerprint density at radius 3 is 2.65 bits per heavy atom. The van der Waals surface area contributed by atoms with Crippen molar-refractivity contribution in [3.8, 4) is 0 Å². The van der Waals surface area contributed by atoms with Gasteiger partial charge in [-0.2, -0.15) is 5.10 Å². The standard InChI is InChI=1S/C17H24N4O2/c1-12-11-20(3)19-16(12)17(22)18-10-14(21-8-4-5-9-21)15-7-6-13(2)23-15/h6-7,11,14H,4-5,8-10H2,1-3H3,(H,18,22)/t14-/m0/s1. The predicted molar refractivity (Wildman–Crippen MR) is 87.3 cm³/mol. The summed E-state index contributed by atoms with van der Waals surface area (Å²) >= 11 is 0. The monoisotopic (exact) mass is 316 g/mol. The van der Waals surface area contributed by atoms with E-state index in [1.807, 2.05) is 39.2 Å². The van der Waals surface area contributed by atoms with Gasteiger partial charge in [-0.05, 0) is 51.9 Å². The molecule has 1 aliphatic rings. The number of carbonyl (C=O) groups excluding carboxylic acids is 1. The van der Waals surface area contributed by atoms with Gasteiger partial charge in [0.05, 0.1) is 6.04 Å². The summed E-state index contributed by atoms with van der Waals surface area (Å²) in [5.41, 5.74) is 1.37. The first kappa shape index (κ1) is 15.8. The van der Waals surface area contributed by atoms with Crippen molar-refractivity contribution in [3.63, 3.8) is 0 Å². The number of aryl methyl sites for hydroxylation is 3. The number of likely N-dealkylation sites (tertiary alicyclic amines) is 1. The summed E-state index contributed by atoms with van der Waals surface area (Å²) in [4.78, 5) is 14.8. The van der Waals surface area contributed by atoms with Crippen LogP contribution in [-0.2, 0) is 7.05 Å². The number of nitrogens with zero attached hydrogens (tertiary/aromatic N) is 3. The predicted octanol–water partition coefficient (Wildman–Crippen LogP) is 2.20. The maximum Gasteiger partial charge on any atom is 0.272 e. The summed E-state index contributed by atoms with van der Waals surface area (Å²) in [5, 5.41) is 7.25. The Hall–Kier alpha value is -2.08. The van der Waals surface area contributed by atoms with Gasteiger partial charge in [-0.25, -0.2) is 0 Å². The Kier molecular flexibility index (Phi) is 4.52. The van der Waals surface area contributed by atoms with Crippen LogP contribution < -0.4 is 5.32 Å². The van der Waals surface area contributed by atoms with Crippen molar-refractivity contribution >= 4 is 5.91 Å². The van der Waals surface area contributed by atoms with Gasteiger partial charge < -0.3 is 9.73 Å². The topological polar surface area (TPSA) is 63.3 Å². The minimum Gasteiger partial charge on any atom is -0.465 e. The zero-order valence-corrected chi connectivity index (χ0v) is 14.0. The van der Waals surface area contributed by atoms with E-state index in [0.717, 1.165) is 30.2 Å². The zero-order chi connectivity index (χ0) is 16.4. The number of rotatable bonds is 5. The molecule has 1 amide bonds. The lowest BCUT2D eigenvalue weighted by Crippen LogP contribution is -2.37. The highest BCUT2D eigenvalue weighted by Crippen LogP contribution is 2.26. The quantitative estimate of drug-likeness (QED) is 0.918. The molecule has 6 heteroatoms. The lowest BCUT2D eigenvalue weighted by atomic mass is 10.2. The van der Waals surface area contributed by atoms with E-state index >= 15 is 0 Å². The largest absolute Gasteiger partial charge is 0.465 e. The molecule has 0 saturated carbocycles. The van der Waals surface area contributed by atoms with Crippen LogP contribution in [0.2, 0.25) is 0 Å². The Labute approximate surface area is 136 Å². The average molecular weight is 316 g/mol. The van der Waals surface area contributed by atoms with E-state index in [2.05, 4.69) is 15.3 Å². The van der Waals surface area contributed by atoms with Crippen LogP contribution in [0.4, 0.5) is 0 Å². The molecule has 23 heavy (non-hydrogen) atoms. The Morgan fingerprint density at radius 1 is 1.35 bits per heavy atom. The molecular formula is C17H24N4O2. The van der Waals surface area contributed by atoms with E-state index in [9.17, 15) is 4.79 Å². The van der Waals surface area contributed by atoms with Crippen molar-refractivity contribution < 1.29 is 9.21 Å². The highest BCUT2D eigenvalue weighted by atomic mass is 16.3. The van der Waals surface area contributed by atoms with Crippen LogP contribution in [-0.4, -0.2) is 40.2 Å². The molecule has 1 saturated heterocycles. The fourth-order valence-electron chi connectivity index (χ4n) is 3.20. The van der Waals surface area contributed by atoms with Gasteiger partial charge >= 0.3 is 0 Å². The normalized spacial score (nSPS) is 16.7. The number of nitrogens with one attached hydrogen (secondary N) is 1. The molecular weight excluding hydrogens is 292 g/mol.